The number of carbonyl (C=O) groups is 3. The van der Waals surface area contributed by atoms with E-state index in [1.165, 1.54) is 6.08 Å². The minimum atomic E-state index is -0.458. The monoisotopic (exact) mass is 454 g/mol. The van der Waals surface area contributed by atoms with E-state index in [-0.39, 0.29) is 23.9 Å². The van der Waals surface area contributed by atoms with E-state index in [2.05, 4.69) is 21.5 Å². The maximum absolute atomic E-state index is 12.1. The lowest BCUT2D eigenvalue weighted by Gasteiger charge is -2.11. The molecular weight excluding hydrogens is 428 g/mol. The van der Waals surface area contributed by atoms with Gasteiger partial charge in [0.2, 0.25) is 17.7 Å². The van der Waals surface area contributed by atoms with Crippen LogP contribution in [0.15, 0.2) is 48.5 Å². The van der Waals surface area contributed by atoms with Crippen molar-refractivity contribution in [1.29, 1.82) is 0 Å². The Labute approximate surface area is 192 Å². The predicted molar refractivity (Wildman–Crippen MR) is 128 cm³/mol. The van der Waals surface area contributed by atoms with Crippen molar-refractivity contribution in [1.82, 2.24) is 16.2 Å². The summed E-state index contributed by atoms with van der Waals surface area (Å²) in [6, 6.07) is 12.9. The first-order chi connectivity index (χ1) is 15.3. The van der Waals surface area contributed by atoms with Crippen molar-refractivity contribution in [3.05, 3.63) is 65.2 Å². The summed E-state index contributed by atoms with van der Waals surface area (Å²) in [5, 5.41) is 5.14. The molecule has 0 fully saturated rings. The van der Waals surface area contributed by atoms with Crippen LogP contribution in [0.25, 0.3) is 6.08 Å². The number of hydrogen-bond donors (Lipinski definition) is 4. The van der Waals surface area contributed by atoms with Crippen LogP contribution < -0.4 is 26.2 Å². The average molecular weight is 455 g/mol. The van der Waals surface area contributed by atoms with Gasteiger partial charge in [-0.05, 0) is 67.0 Å². The molecule has 168 valence electrons. The normalized spacial score (nSPS) is 10.3. The van der Waals surface area contributed by atoms with E-state index in [1.807, 2.05) is 32.0 Å². The second kappa shape index (κ2) is 12.2. The molecule has 9 heteroatoms. The van der Waals surface area contributed by atoms with Gasteiger partial charge in [-0.25, -0.2) is 0 Å². The third kappa shape index (κ3) is 8.57. The highest BCUT2D eigenvalue weighted by atomic mass is 32.1. The Kier molecular flexibility index (Phi) is 9.37. The van der Waals surface area contributed by atoms with Crippen molar-refractivity contribution in [3.63, 3.8) is 0 Å². The maximum atomic E-state index is 12.1. The number of thiocarbonyl (C=S) groups is 1. The number of hydrogen-bond acceptors (Lipinski definition) is 5. The Bertz CT molecular complexity index is 1020. The molecule has 0 spiro atoms. The number of ether oxygens (including phenoxy) is 1. The number of rotatable bonds is 7. The van der Waals surface area contributed by atoms with Crippen molar-refractivity contribution < 1.29 is 19.1 Å². The molecular formula is C23H26N4O4S. The number of amides is 3. The SMILES string of the molecule is COc1ccc(C=CC(=O)NC(=S)NNC(=O)CCC(=O)Nc2cc(C)ccc2C)cc1. The van der Waals surface area contributed by atoms with Gasteiger partial charge in [0, 0.05) is 24.6 Å². The lowest BCUT2D eigenvalue weighted by Crippen LogP contribution is -2.48. The van der Waals surface area contributed by atoms with Gasteiger partial charge in [0.05, 0.1) is 7.11 Å². The van der Waals surface area contributed by atoms with Crippen LogP contribution in [0.2, 0.25) is 0 Å². The van der Waals surface area contributed by atoms with Gasteiger partial charge in [0.1, 0.15) is 5.75 Å². The number of methoxy groups -OCH3 is 1. The molecule has 2 aromatic carbocycles. The van der Waals surface area contributed by atoms with Gasteiger partial charge in [0.25, 0.3) is 0 Å². The van der Waals surface area contributed by atoms with E-state index in [0.717, 1.165) is 28.1 Å². The van der Waals surface area contributed by atoms with E-state index in [1.54, 1.807) is 37.5 Å². The summed E-state index contributed by atoms with van der Waals surface area (Å²) < 4.78 is 5.07. The van der Waals surface area contributed by atoms with E-state index >= 15 is 0 Å². The highest BCUT2D eigenvalue weighted by molar-refractivity contribution is 7.80. The molecule has 0 atom stereocenters. The van der Waals surface area contributed by atoms with Crippen LogP contribution >= 0.6 is 12.2 Å². The number of anilines is 1. The molecule has 0 unspecified atom stereocenters. The first-order valence-corrected chi connectivity index (χ1v) is 10.3. The summed E-state index contributed by atoms with van der Waals surface area (Å²) in [5.74, 6) is -0.448. The topological polar surface area (TPSA) is 109 Å². The van der Waals surface area contributed by atoms with Gasteiger partial charge >= 0.3 is 0 Å². The van der Waals surface area contributed by atoms with Crippen LogP contribution in [0, 0.1) is 13.8 Å². The van der Waals surface area contributed by atoms with Crippen LogP contribution in [0.4, 0.5) is 5.69 Å². The lowest BCUT2D eigenvalue weighted by molar-refractivity contribution is -0.124. The smallest absolute Gasteiger partial charge is 0.250 e. The van der Waals surface area contributed by atoms with Gasteiger partial charge in [-0.15, -0.1) is 0 Å². The van der Waals surface area contributed by atoms with Gasteiger partial charge in [-0.3, -0.25) is 30.6 Å². The second-order valence-corrected chi connectivity index (χ2v) is 7.37. The Morgan fingerprint density at radius 1 is 0.969 bits per heavy atom. The zero-order chi connectivity index (χ0) is 23.5. The number of benzene rings is 2. The molecule has 2 aromatic rings. The van der Waals surface area contributed by atoms with Crippen molar-refractivity contribution in [2.45, 2.75) is 26.7 Å². The van der Waals surface area contributed by atoms with Gasteiger partial charge in [-0.2, -0.15) is 0 Å². The zero-order valence-corrected chi connectivity index (χ0v) is 19.0. The van der Waals surface area contributed by atoms with E-state index in [9.17, 15) is 14.4 Å². The Balaban J connectivity index is 1.68. The van der Waals surface area contributed by atoms with Crippen molar-refractivity contribution >= 4 is 46.8 Å². The molecule has 0 bridgehead atoms. The second-order valence-electron chi connectivity index (χ2n) is 6.96. The van der Waals surface area contributed by atoms with Crippen LogP contribution in [-0.2, 0) is 14.4 Å². The minimum absolute atomic E-state index is 0.00458. The lowest BCUT2D eigenvalue weighted by atomic mass is 10.1. The first-order valence-electron chi connectivity index (χ1n) is 9.86. The number of nitrogens with one attached hydrogen (secondary N) is 4. The van der Waals surface area contributed by atoms with Crippen LogP contribution in [-0.4, -0.2) is 29.9 Å². The molecule has 4 N–H and O–H groups in total. The Morgan fingerprint density at radius 3 is 2.34 bits per heavy atom. The van der Waals surface area contributed by atoms with Crippen LogP contribution in [0.5, 0.6) is 5.75 Å². The molecule has 0 aliphatic carbocycles. The number of aryl methyl sites for hydroxylation is 2. The highest BCUT2D eigenvalue weighted by Gasteiger charge is 2.09. The summed E-state index contributed by atoms with van der Waals surface area (Å²) in [6.07, 6.45) is 2.89. The van der Waals surface area contributed by atoms with E-state index in [4.69, 9.17) is 17.0 Å². The summed E-state index contributed by atoms with van der Waals surface area (Å²) in [5.41, 5.74) is 8.29. The zero-order valence-electron chi connectivity index (χ0n) is 18.2. The van der Waals surface area contributed by atoms with Crippen LogP contribution in [0.3, 0.4) is 0 Å². The minimum Gasteiger partial charge on any atom is -0.497 e. The molecule has 0 aliphatic rings. The van der Waals surface area contributed by atoms with Gasteiger partial charge < -0.3 is 10.1 Å². The number of carbonyl (C=O) groups excluding carboxylic acids is 3. The van der Waals surface area contributed by atoms with Gasteiger partial charge in [0.15, 0.2) is 5.11 Å². The molecule has 0 aromatic heterocycles. The summed E-state index contributed by atoms with van der Waals surface area (Å²) in [4.78, 5) is 35.9. The molecule has 0 aliphatic heterocycles. The Hall–Kier alpha value is -3.72. The van der Waals surface area contributed by atoms with Crippen molar-refractivity contribution in [2.75, 3.05) is 12.4 Å². The summed E-state index contributed by atoms with van der Waals surface area (Å²) in [6.45, 7) is 3.83. The summed E-state index contributed by atoms with van der Waals surface area (Å²) >= 11 is 4.97. The third-order valence-electron chi connectivity index (χ3n) is 4.34. The van der Waals surface area contributed by atoms with Gasteiger partial charge in [-0.1, -0.05) is 24.3 Å². The number of hydrazine groups is 1. The molecule has 0 saturated carbocycles. The highest BCUT2D eigenvalue weighted by Crippen LogP contribution is 2.16. The summed E-state index contributed by atoms with van der Waals surface area (Å²) in [7, 11) is 1.58. The van der Waals surface area contributed by atoms with E-state index < -0.39 is 11.8 Å². The van der Waals surface area contributed by atoms with Crippen molar-refractivity contribution in [2.24, 2.45) is 0 Å². The molecule has 2 rings (SSSR count). The quantitative estimate of drug-likeness (QED) is 0.291. The first kappa shape index (κ1) is 24.5. The molecule has 0 heterocycles. The molecule has 0 saturated heterocycles. The fourth-order valence-electron chi connectivity index (χ4n) is 2.57. The maximum Gasteiger partial charge on any atom is 0.250 e. The predicted octanol–water partition coefficient (Wildman–Crippen LogP) is 2.77. The third-order valence-corrected chi connectivity index (χ3v) is 4.55. The largest absolute Gasteiger partial charge is 0.497 e. The molecule has 0 radical (unpaired) electrons. The fourth-order valence-corrected chi connectivity index (χ4v) is 2.72. The molecule has 8 nitrogen and oxygen atoms in total. The Morgan fingerprint density at radius 2 is 1.66 bits per heavy atom. The fraction of sp³-hybridized carbons (Fsp3) is 0.217. The average Bonchev–Trinajstić information content (AvgIpc) is 2.77. The van der Waals surface area contributed by atoms with Crippen molar-refractivity contribution in [3.8, 4) is 5.75 Å². The molecule has 3 amide bonds. The standard InChI is InChI=1S/C23H26N4O4S/c1-15-4-5-16(2)19(14-15)24-20(28)12-13-22(30)26-27-23(32)25-21(29)11-8-17-6-9-18(31-3)10-7-17/h4-11,14H,12-13H2,1-3H3,(H,24,28)(H,26,30)(H2,25,27,29,32). The van der Waals surface area contributed by atoms with E-state index in [0.29, 0.717) is 0 Å². The van der Waals surface area contributed by atoms with Crippen LogP contribution in [0.1, 0.15) is 29.5 Å². The molecule has 32 heavy (non-hydrogen) atoms.